The van der Waals surface area contributed by atoms with Crippen molar-refractivity contribution < 1.29 is 9.21 Å². The molecule has 0 aliphatic heterocycles. The average Bonchev–Trinajstić information content (AvgIpc) is 3.10. The number of aromatic nitrogens is 2. The molecule has 1 aromatic heterocycles. The van der Waals surface area contributed by atoms with Crippen LogP contribution < -0.4 is 5.32 Å². The molecule has 1 amide bonds. The summed E-state index contributed by atoms with van der Waals surface area (Å²) in [5.41, 5.74) is 2.74. The molecule has 128 valence electrons. The van der Waals surface area contributed by atoms with Crippen LogP contribution in [0.5, 0.6) is 0 Å². The summed E-state index contributed by atoms with van der Waals surface area (Å²) in [6, 6.07) is 14.9. The lowest BCUT2D eigenvalue weighted by atomic mass is 10.1. The van der Waals surface area contributed by atoms with Gasteiger partial charge in [-0.3, -0.25) is 4.79 Å². The monoisotopic (exact) mass is 373 g/mol. The summed E-state index contributed by atoms with van der Waals surface area (Å²) < 4.78 is 5.56. The Morgan fingerprint density at radius 3 is 2.72 bits per heavy atom. The number of hydrogen-bond donors (Lipinski definition) is 1. The highest BCUT2D eigenvalue weighted by molar-refractivity contribution is 7.99. The number of anilines is 1. The standard InChI is InChI=1S/C18H16ClN3O2S/c1-2-12-6-8-15(9-7-12)20-16(23)11-25-18-22-21-17(24-18)13-4-3-5-14(19)10-13/h3-10H,2,11H2,1H3,(H,20,23). The molecule has 0 aliphatic carbocycles. The maximum absolute atomic E-state index is 12.0. The molecule has 0 saturated carbocycles. The number of benzene rings is 2. The fourth-order valence-electron chi connectivity index (χ4n) is 2.15. The Morgan fingerprint density at radius 2 is 2.00 bits per heavy atom. The lowest BCUT2D eigenvalue weighted by Crippen LogP contribution is -2.13. The number of halogens is 1. The number of carbonyl (C=O) groups is 1. The van der Waals surface area contributed by atoms with E-state index < -0.39 is 0 Å². The summed E-state index contributed by atoms with van der Waals surface area (Å²) in [5, 5.41) is 11.7. The molecule has 0 radical (unpaired) electrons. The molecule has 0 saturated heterocycles. The van der Waals surface area contributed by atoms with Crippen LogP contribution in [0.2, 0.25) is 5.02 Å². The molecular formula is C18H16ClN3O2S. The first kappa shape index (κ1) is 17.5. The topological polar surface area (TPSA) is 68.0 Å². The Kier molecular flexibility index (Phi) is 5.73. The van der Waals surface area contributed by atoms with Gasteiger partial charge < -0.3 is 9.73 Å². The highest BCUT2D eigenvalue weighted by atomic mass is 35.5. The van der Waals surface area contributed by atoms with Crippen LogP contribution in [0.3, 0.4) is 0 Å². The van der Waals surface area contributed by atoms with Crippen molar-refractivity contribution in [3.8, 4) is 11.5 Å². The second-order valence-electron chi connectivity index (χ2n) is 5.27. The molecule has 1 heterocycles. The molecule has 0 atom stereocenters. The highest BCUT2D eigenvalue weighted by Gasteiger charge is 2.11. The summed E-state index contributed by atoms with van der Waals surface area (Å²) >= 11 is 7.14. The van der Waals surface area contributed by atoms with Gasteiger partial charge in [-0.15, -0.1) is 10.2 Å². The van der Waals surface area contributed by atoms with Gasteiger partial charge in [0.25, 0.3) is 5.22 Å². The van der Waals surface area contributed by atoms with E-state index in [-0.39, 0.29) is 11.7 Å². The van der Waals surface area contributed by atoms with Crippen molar-refractivity contribution in [2.45, 2.75) is 18.6 Å². The van der Waals surface area contributed by atoms with E-state index in [4.69, 9.17) is 16.0 Å². The molecule has 1 N–H and O–H groups in total. The third-order valence-electron chi connectivity index (χ3n) is 3.45. The van der Waals surface area contributed by atoms with Crippen LogP contribution in [0.15, 0.2) is 58.2 Å². The second kappa shape index (κ2) is 8.18. The van der Waals surface area contributed by atoms with Crippen molar-refractivity contribution in [2.24, 2.45) is 0 Å². The second-order valence-corrected chi connectivity index (χ2v) is 6.63. The predicted octanol–water partition coefficient (Wildman–Crippen LogP) is 4.68. The predicted molar refractivity (Wildman–Crippen MR) is 99.9 cm³/mol. The zero-order valence-corrected chi connectivity index (χ0v) is 15.1. The van der Waals surface area contributed by atoms with Crippen LogP contribution in [-0.4, -0.2) is 21.9 Å². The van der Waals surface area contributed by atoms with Crippen LogP contribution in [0.1, 0.15) is 12.5 Å². The molecule has 0 fully saturated rings. The largest absolute Gasteiger partial charge is 0.411 e. The molecule has 3 rings (SSSR count). The molecule has 3 aromatic rings. The molecule has 25 heavy (non-hydrogen) atoms. The molecular weight excluding hydrogens is 358 g/mol. The van der Waals surface area contributed by atoms with Crippen LogP contribution in [0.4, 0.5) is 5.69 Å². The first-order valence-corrected chi connectivity index (χ1v) is 9.11. The van der Waals surface area contributed by atoms with Gasteiger partial charge in [-0.25, -0.2) is 0 Å². The van der Waals surface area contributed by atoms with Gasteiger partial charge in [0.15, 0.2) is 0 Å². The zero-order chi connectivity index (χ0) is 17.6. The number of nitrogens with zero attached hydrogens (tertiary/aromatic N) is 2. The summed E-state index contributed by atoms with van der Waals surface area (Å²) in [6.07, 6.45) is 0.968. The van der Waals surface area contributed by atoms with Crippen molar-refractivity contribution in [3.05, 3.63) is 59.1 Å². The SMILES string of the molecule is CCc1ccc(NC(=O)CSc2nnc(-c3cccc(Cl)c3)o2)cc1. The third-order valence-corrected chi connectivity index (χ3v) is 4.50. The van der Waals surface area contributed by atoms with Gasteiger partial charge in [0, 0.05) is 16.3 Å². The minimum absolute atomic E-state index is 0.128. The lowest BCUT2D eigenvalue weighted by Gasteiger charge is -2.04. The normalized spacial score (nSPS) is 10.6. The van der Waals surface area contributed by atoms with E-state index in [0.29, 0.717) is 16.1 Å². The molecule has 0 unspecified atom stereocenters. The van der Waals surface area contributed by atoms with E-state index in [0.717, 1.165) is 17.7 Å². The van der Waals surface area contributed by atoms with Crippen LogP contribution >= 0.6 is 23.4 Å². The quantitative estimate of drug-likeness (QED) is 0.635. The highest BCUT2D eigenvalue weighted by Crippen LogP contribution is 2.25. The van der Waals surface area contributed by atoms with E-state index in [1.165, 1.54) is 17.3 Å². The minimum Gasteiger partial charge on any atom is -0.411 e. The van der Waals surface area contributed by atoms with Crippen molar-refractivity contribution in [2.75, 3.05) is 11.1 Å². The molecule has 5 nitrogen and oxygen atoms in total. The maximum atomic E-state index is 12.0. The van der Waals surface area contributed by atoms with Gasteiger partial charge in [0.1, 0.15) is 0 Å². The number of aryl methyl sites for hydroxylation is 1. The summed E-state index contributed by atoms with van der Waals surface area (Å²) in [6.45, 7) is 2.09. The zero-order valence-electron chi connectivity index (χ0n) is 13.5. The van der Waals surface area contributed by atoms with Gasteiger partial charge in [-0.1, -0.05) is 48.5 Å². The Balaban J connectivity index is 1.55. The number of rotatable bonds is 6. The van der Waals surface area contributed by atoms with Gasteiger partial charge in [-0.05, 0) is 42.3 Å². The minimum atomic E-state index is -0.128. The Labute approximate surface area is 154 Å². The number of nitrogens with one attached hydrogen (secondary N) is 1. The van der Waals surface area contributed by atoms with Crippen LogP contribution in [-0.2, 0) is 11.2 Å². The fraction of sp³-hybridized carbons (Fsp3) is 0.167. The lowest BCUT2D eigenvalue weighted by molar-refractivity contribution is -0.113. The Bertz CT molecular complexity index is 865. The number of carbonyl (C=O) groups excluding carboxylic acids is 1. The number of hydrogen-bond acceptors (Lipinski definition) is 5. The smallest absolute Gasteiger partial charge is 0.277 e. The summed E-state index contributed by atoms with van der Waals surface area (Å²) in [7, 11) is 0. The van der Waals surface area contributed by atoms with Gasteiger partial charge in [-0.2, -0.15) is 0 Å². The number of thioether (sulfide) groups is 1. The third kappa shape index (κ3) is 4.84. The van der Waals surface area contributed by atoms with E-state index >= 15 is 0 Å². The first-order chi connectivity index (χ1) is 12.1. The van der Waals surface area contributed by atoms with Crippen molar-refractivity contribution in [1.82, 2.24) is 10.2 Å². The van der Waals surface area contributed by atoms with Gasteiger partial charge >= 0.3 is 0 Å². The molecule has 0 spiro atoms. The molecule has 7 heteroatoms. The van der Waals surface area contributed by atoms with Gasteiger partial charge in [0.05, 0.1) is 5.75 Å². The van der Waals surface area contributed by atoms with E-state index in [9.17, 15) is 4.79 Å². The molecule has 0 aliphatic rings. The Hall–Kier alpha value is -2.31. The van der Waals surface area contributed by atoms with Crippen LogP contribution in [0, 0.1) is 0 Å². The van der Waals surface area contributed by atoms with Crippen molar-refractivity contribution in [3.63, 3.8) is 0 Å². The molecule has 2 aromatic carbocycles. The van der Waals surface area contributed by atoms with Crippen molar-refractivity contribution in [1.29, 1.82) is 0 Å². The maximum Gasteiger partial charge on any atom is 0.277 e. The van der Waals surface area contributed by atoms with Crippen LogP contribution in [0.25, 0.3) is 11.5 Å². The van der Waals surface area contributed by atoms with Gasteiger partial charge in [0.2, 0.25) is 11.8 Å². The average molecular weight is 374 g/mol. The van der Waals surface area contributed by atoms with Crippen molar-refractivity contribution >= 4 is 35.0 Å². The Morgan fingerprint density at radius 1 is 1.20 bits per heavy atom. The summed E-state index contributed by atoms with van der Waals surface area (Å²) in [5.74, 6) is 0.435. The van der Waals surface area contributed by atoms with E-state index in [1.54, 1.807) is 12.1 Å². The fourth-order valence-corrected chi connectivity index (χ4v) is 2.91. The number of amides is 1. The van der Waals surface area contributed by atoms with E-state index in [2.05, 4.69) is 22.4 Å². The van der Waals surface area contributed by atoms with E-state index in [1.807, 2.05) is 36.4 Å². The first-order valence-electron chi connectivity index (χ1n) is 7.75. The molecule has 0 bridgehead atoms. The summed E-state index contributed by atoms with van der Waals surface area (Å²) in [4.78, 5) is 12.0.